The smallest absolute Gasteiger partial charge is 0.288 e. The minimum atomic E-state index is -3.25. The van der Waals surface area contributed by atoms with Crippen molar-refractivity contribution in [3.63, 3.8) is 0 Å². The van der Waals surface area contributed by atoms with Gasteiger partial charge in [-0.2, -0.15) is 0 Å². The van der Waals surface area contributed by atoms with Crippen LogP contribution in [0.4, 0.5) is 13.2 Å². The number of carbonyl (C=O) groups excluding carboxylic acids is 1. The average molecular weight is 287 g/mol. The largest absolute Gasteiger partial charge is 0.300 e. The molecule has 0 unspecified atom stereocenters. The third-order valence-corrected chi connectivity index (χ3v) is 2.44. The van der Waals surface area contributed by atoms with Crippen LogP contribution in [0.1, 0.15) is 10.4 Å². The van der Waals surface area contributed by atoms with Crippen molar-refractivity contribution in [2.45, 2.75) is 6.43 Å². The molecule has 0 saturated carbocycles. The van der Waals surface area contributed by atoms with Gasteiger partial charge < -0.3 is 0 Å². The Hall–Kier alpha value is -0.550. The summed E-state index contributed by atoms with van der Waals surface area (Å²) in [5.41, 5.74) is -0.715. The van der Waals surface area contributed by atoms with Gasteiger partial charge in [0, 0.05) is 4.47 Å². The highest BCUT2D eigenvalue weighted by Crippen LogP contribution is 2.27. The predicted molar refractivity (Wildman–Crippen MR) is 49.4 cm³/mol. The first-order chi connectivity index (χ1) is 6.45. The minimum Gasteiger partial charge on any atom is -0.288 e. The number of hydrogen-bond donors (Lipinski definition) is 0. The number of benzene rings is 1. The van der Waals surface area contributed by atoms with Crippen LogP contribution in [0.25, 0.3) is 0 Å². The second kappa shape index (κ2) is 4.31. The summed E-state index contributed by atoms with van der Waals surface area (Å²) in [5.74, 6) is -2.72. The third-order valence-electron chi connectivity index (χ3n) is 1.49. The monoisotopic (exact) mass is 286 g/mol. The first kappa shape index (κ1) is 11.5. The molecule has 0 fully saturated rings. The van der Waals surface area contributed by atoms with Gasteiger partial charge in [0.1, 0.15) is 0 Å². The number of carbonyl (C=O) groups is 1. The molecule has 0 aliphatic heterocycles. The number of halogens is 5. The molecule has 0 atom stereocenters. The topological polar surface area (TPSA) is 17.1 Å². The Kier molecular flexibility index (Phi) is 3.55. The summed E-state index contributed by atoms with van der Waals surface area (Å²) in [6, 6.07) is 2.41. The van der Waals surface area contributed by atoms with Gasteiger partial charge in [-0.15, -0.1) is 0 Å². The molecule has 0 amide bonds. The zero-order valence-corrected chi connectivity index (χ0v) is 8.87. The summed E-state index contributed by atoms with van der Waals surface area (Å²) in [6.45, 7) is 0. The van der Waals surface area contributed by atoms with Gasteiger partial charge in [0.05, 0.1) is 10.6 Å². The van der Waals surface area contributed by atoms with Gasteiger partial charge in [-0.25, -0.2) is 13.2 Å². The third kappa shape index (κ3) is 2.09. The van der Waals surface area contributed by atoms with Gasteiger partial charge in [0.2, 0.25) is 5.78 Å². The van der Waals surface area contributed by atoms with Crippen molar-refractivity contribution in [2.24, 2.45) is 0 Å². The van der Waals surface area contributed by atoms with E-state index in [9.17, 15) is 18.0 Å². The van der Waals surface area contributed by atoms with Gasteiger partial charge in [-0.1, -0.05) is 11.6 Å². The Labute approximate surface area is 91.0 Å². The summed E-state index contributed by atoms with van der Waals surface area (Å²) in [4.78, 5) is 10.9. The zero-order chi connectivity index (χ0) is 10.9. The molecule has 1 nitrogen and oxygen atoms in total. The maximum absolute atomic E-state index is 13.2. The number of Topliss-reactive ketones (excluding diaryl/α,β-unsaturated/α-hetero) is 1. The van der Waals surface area contributed by atoms with E-state index in [-0.39, 0.29) is 9.50 Å². The van der Waals surface area contributed by atoms with E-state index in [1.807, 2.05) is 0 Å². The molecule has 14 heavy (non-hydrogen) atoms. The van der Waals surface area contributed by atoms with Gasteiger partial charge in [0.15, 0.2) is 5.82 Å². The summed E-state index contributed by atoms with van der Waals surface area (Å²) in [6.07, 6.45) is -3.25. The van der Waals surface area contributed by atoms with Gasteiger partial charge >= 0.3 is 6.43 Å². The summed E-state index contributed by atoms with van der Waals surface area (Å²) >= 11 is 8.14. The Morgan fingerprint density at radius 1 is 1.43 bits per heavy atom. The number of alkyl halides is 2. The molecule has 0 saturated heterocycles. The van der Waals surface area contributed by atoms with Crippen LogP contribution in [0.3, 0.4) is 0 Å². The molecule has 1 aromatic rings. The summed E-state index contributed by atoms with van der Waals surface area (Å²) in [5, 5.41) is -0.364. The van der Waals surface area contributed by atoms with E-state index in [1.165, 1.54) is 12.1 Å². The van der Waals surface area contributed by atoms with E-state index in [4.69, 9.17) is 11.6 Å². The van der Waals surface area contributed by atoms with E-state index in [1.54, 1.807) is 0 Å². The van der Waals surface area contributed by atoms with Crippen molar-refractivity contribution in [2.75, 3.05) is 0 Å². The summed E-state index contributed by atoms with van der Waals surface area (Å²) in [7, 11) is 0. The normalized spacial score (nSPS) is 10.7. The van der Waals surface area contributed by atoms with Crippen molar-refractivity contribution in [3.8, 4) is 0 Å². The van der Waals surface area contributed by atoms with Crippen LogP contribution < -0.4 is 0 Å². The lowest BCUT2D eigenvalue weighted by Crippen LogP contribution is -2.13. The molecule has 0 aromatic heterocycles. The minimum absolute atomic E-state index is 0.0373. The number of hydrogen-bond acceptors (Lipinski definition) is 1. The molecule has 0 spiro atoms. The molecule has 1 aromatic carbocycles. The fourth-order valence-electron chi connectivity index (χ4n) is 0.862. The van der Waals surface area contributed by atoms with E-state index in [2.05, 4.69) is 15.9 Å². The van der Waals surface area contributed by atoms with E-state index >= 15 is 0 Å². The Bertz CT molecular complexity index is 381. The van der Waals surface area contributed by atoms with Crippen molar-refractivity contribution >= 4 is 33.3 Å². The van der Waals surface area contributed by atoms with Crippen molar-refractivity contribution < 1.29 is 18.0 Å². The van der Waals surface area contributed by atoms with Crippen LogP contribution in [0.15, 0.2) is 16.6 Å². The van der Waals surface area contributed by atoms with Crippen LogP contribution in [-0.4, -0.2) is 12.2 Å². The first-order valence-electron chi connectivity index (χ1n) is 3.41. The maximum atomic E-state index is 13.2. The van der Waals surface area contributed by atoms with Crippen molar-refractivity contribution in [1.82, 2.24) is 0 Å². The summed E-state index contributed by atoms with van der Waals surface area (Å²) < 4.78 is 37.2. The van der Waals surface area contributed by atoms with Gasteiger partial charge in [-0.05, 0) is 28.1 Å². The molecule has 0 radical (unpaired) electrons. The van der Waals surface area contributed by atoms with Gasteiger partial charge in [-0.3, -0.25) is 4.79 Å². The fourth-order valence-corrected chi connectivity index (χ4v) is 1.52. The lowest BCUT2D eigenvalue weighted by molar-refractivity contribution is 0.0673. The van der Waals surface area contributed by atoms with Crippen molar-refractivity contribution in [1.29, 1.82) is 0 Å². The maximum Gasteiger partial charge on any atom is 0.300 e. The highest BCUT2D eigenvalue weighted by Gasteiger charge is 2.25. The van der Waals surface area contributed by atoms with Crippen molar-refractivity contribution in [3.05, 3.63) is 33.0 Å². The molecule has 76 valence electrons. The van der Waals surface area contributed by atoms with E-state index < -0.39 is 23.6 Å². The number of rotatable bonds is 2. The molecule has 0 bridgehead atoms. The standard InChI is InChI=1S/C8H3BrClF3O/c9-3-1-2-4(10)6(11)5(3)7(14)8(12)13/h1-2,8H. The molecular formula is C8H3BrClF3O. The van der Waals surface area contributed by atoms with Gasteiger partial charge in [0.25, 0.3) is 0 Å². The Balaban J connectivity index is 3.33. The second-order valence-corrected chi connectivity index (χ2v) is 3.64. The molecule has 0 aliphatic rings. The van der Waals surface area contributed by atoms with E-state index in [0.29, 0.717) is 0 Å². The lowest BCUT2D eigenvalue weighted by Gasteiger charge is -2.05. The number of ketones is 1. The quantitative estimate of drug-likeness (QED) is 0.599. The molecule has 0 N–H and O–H groups in total. The highest BCUT2D eigenvalue weighted by atomic mass is 79.9. The molecule has 1 rings (SSSR count). The van der Waals surface area contributed by atoms with Crippen LogP contribution in [0.2, 0.25) is 5.02 Å². The zero-order valence-electron chi connectivity index (χ0n) is 6.53. The van der Waals surface area contributed by atoms with Crippen LogP contribution in [0.5, 0.6) is 0 Å². The molecule has 6 heteroatoms. The van der Waals surface area contributed by atoms with E-state index in [0.717, 1.165) is 0 Å². The SMILES string of the molecule is O=C(c1c(Br)ccc(Cl)c1F)C(F)F. The average Bonchev–Trinajstić information content (AvgIpc) is 2.12. The molecular weight excluding hydrogens is 284 g/mol. The lowest BCUT2D eigenvalue weighted by atomic mass is 10.1. The molecule has 0 aliphatic carbocycles. The molecule has 0 heterocycles. The van der Waals surface area contributed by atoms with Crippen LogP contribution >= 0.6 is 27.5 Å². The first-order valence-corrected chi connectivity index (χ1v) is 4.58. The highest BCUT2D eigenvalue weighted by molar-refractivity contribution is 9.10. The fraction of sp³-hybridized carbons (Fsp3) is 0.125. The van der Waals surface area contributed by atoms with Crippen LogP contribution in [-0.2, 0) is 0 Å². The second-order valence-electron chi connectivity index (χ2n) is 2.38. The Morgan fingerprint density at radius 3 is 2.50 bits per heavy atom. The predicted octanol–water partition coefficient (Wildman–Crippen LogP) is 3.69. The Morgan fingerprint density at radius 2 is 2.00 bits per heavy atom. The van der Waals surface area contributed by atoms with Crippen LogP contribution in [0, 0.1) is 5.82 Å².